The Hall–Kier alpha value is -0.610. The molecule has 2 aliphatic carbocycles. The summed E-state index contributed by atoms with van der Waals surface area (Å²) in [5.74, 6) is 0.0799. The predicted octanol–water partition coefficient (Wildman–Crippen LogP) is 2.11. The van der Waals surface area contributed by atoms with Crippen molar-refractivity contribution < 1.29 is 9.90 Å². The molecule has 0 aromatic carbocycles. The minimum Gasteiger partial charge on any atom is -0.389 e. The number of carbonyl (C=O) groups excluding carboxylic acids is 1. The molecule has 0 radical (unpaired) electrons. The van der Waals surface area contributed by atoms with E-state index >= 15 is 0 Å². The van der Waals surface area contributed by atoms with E-state index in [9.17, 15) is 9.90 Å². The van der Waals surface area contributed by atoms with Gasteiger partial charge in [0, 0.05) is 12.6 Å². The Morgan fingerprint density at radius 2 is 1.75 bits per heavy atom. The SMILES string of the molecule is CC(NCC1(O)CCCCC1)C(=O)NC1CCCCC1. The second-order valence-corrected chi connectivity index (χ2v) is 6.73. The lowest BCUT2D eigenvalue weighted by Crippen LogP contribution is -2.51. The first-order valence-electron chi connectivity index (χ1n) is 8.35. The Labute approximate surface area is 122 Å². The molecule has 3 N–H and O–H groups in total. The van der Waals surface area contributed by atoms with E-state index in [2.05, 4.69) is 10.6 Å². The van der Waals surface area contributed by atoms with E-state index in [-0.39, 0.29) is 11.9 Å². The lowest BCUT2D eigenvalue weighted by molar-refractivity contribution is -0.124. The second kappa shape index (κ2) is 7.41. The molecule has 1 amide bonds. The van der Waals surface area contributed by atoms with Crippen molar-refractivity contribution in [3.05, 3.63) is 0 Å². The van der Waals surface area contributed by atoms with Crippen LogP contribution in [0.5, 0.6) is 0 Å². The van der Waals surface area contributed by atoms with Crippen molar-refractivity contribution in [3.8, 4) is 0 Å². The molecule has 0 heterocycles. The normalized spacial score (nSPS) is 25.1. The van der Waals surface area contributed by atoms with E-state index in [1.54, 1.807) is 0 Å². The summed E-state index contributed by atoms with van der Waals surface area (Å²) in [6.45, 7) is 2.43. The van der Waals surface area contributed by atoms with E-state index in [0.29, 0.717) is 12.6 Å². The highest BCUT2D eigenvalue weighted by molar-refractivity contribution is 5.81. The van der Waals surface area contributed by atoms with Gasteiger partial charge in [-0.25, -0.2) is 0 Å². The molecule has 116 valence electrons. The van der Waals surface area contributed by atoms with Gasteiger partial charge in [-0.2, -0.15) is 0 Å². The summed E-state index contributed by atoms with van der Waals surface area (Å²) < 4.78 is 0. The third-order valence-electron chi connectivity index (χ3n) is 4.87. The molecule has 0 spiro atoms. The fourth-order valence-electron chi connectivity index (χ4n) is 3.40. The van der Waals surface area contributed by atoms with Gasteiger partial charge in [0.05, 0.1) is 11.6 Å². The standard InChI is InChI=1S/C16H30N2O2/c1-13(15(19)18-14-8-4-2-5-9-14)17-12-16(20)10-6-3-7-11-16/h13-14,17,20H,2-12H2,1H3,(H,18,19). The van der Waals surface area contributed by atoms with Gasteiger partial charge < -0.3 is 15.7 Å². The van der Waals surface area contributed by atoms with Crippen molar-refractivity contribution in [1.29, 1.82) is 0 Å². The third-order valence-corrected chi connectivity index (χ3v) is 4.87. The average molecular weight is 282 g/mol. The van der Waals surface area contributed by atoms with Crippen LogP contribution in [-0.4, -0.2) is 35.2 Å². The summed E-state index contributed by atoms with van der Waals surface area (Å²) in [5, 5.41) is 16.8. The quantitative estimate of drug-likeness (QED) is 0.724. The third kappa shape index (κ3) is 4.74. The summed E-state index contributed by atoms with van der Waals surface area (Å²) in [5.41, 5.74) is -0.600. The molecule has 0 saturated heterocycles. The van der Waals surface area contributed by atoms with E-state index < -0.39 is 5.60 Å². The van der Waals surface area contributed by atoms with Crippen LogP contribution in [0.4, 0.5) is 0 Å². The Kier molecular flexibility index (Phi) is 5.85. The Morgan fingerprint density at radius 3 is 2.40 bits per heavy atom. The lowest BCUT2D eigenvalue weighted by atomic mass is 9.85. The fourth-order valence-corrected chi connectivity index (χ4v) is 3.40. The second-order valence-electron chi connectivity index (χ2n) is 6.73. The maximum atomic E-state index is 12.1. The van der Waals surface area contributed by atoms with Crippen LogP contribution in [0, 0.1) is 0 Å². The number of nitrogens with one attached hydrogen (secondary N) is 2. The van der Waals surface area contributed by atoms with E-state index in [1.807, 2.05) is 6.92 Å². The molecule has 0 aromatic heterocycles. The molecule has 0 aromatic rings. The van der Waals surface area contributed by atoms with Gasteiger partial charge in [-0.15, -0.1) is 0 Å². The van der Waals surface area contributed by atoms with Crippen LogP contribution in [0.1, 0.15) is 71.1 Å². The van der Waals surface area contributed by atoms with Crippen molar-refractivity contribution in [1.82, 2.24) is 10.6 Å². The van der Waals surface area contributed by atoms with Gasteiger partial charge in [-0.3, -0.25) is 4.79 Å². The van der Waals surface area contributed by atoms with Gasteiger partial charge >= 0.3 is 0 Å². The fraction of sp³-hybridized carbons (Fsp3) is 0.938. The molecule has 2 fully saturated rings. The number of hydrogen-bond donors (Lipinski definition) is 3. The predicted molar refractivity (Wildman–Crippen MR) is 80.5 cm³/mol. The van der Waals surface area contributed by atoms with Crippen molar-refractivity contribution >= 4 is 5.91 Å². The van der Waals surface area contributed by atoms with Crippen LogP contribution >= 0.6 is 0 Å². The molecule has 0 bridgehead atoms. The van der Waals surface area contributed by atoms with Gasteiger partial charge in [0.15, 0.2) is 0 Å². The molecule has 1 unspecified atom stereocenters. The summed E-state index contributed by atoms with van der Waals surface area (Å²) in [4.78, 5) is 12.1. The molecule has 2 saturated carbocycles. The number of amides is 1. The van der Waals surface area contributed by atoms with Crippen molar-refractivity contribution in [3.63, 3.8) is 0 Å². The van der Waals surface area contributed by atoms with E-state index in [1.165, 1.54) is 25.7 Å². The number of aliphatic hydroxyl groups is 1. The highest BCUT2D eigenvalue weighted by Crippen LogP contribution is 2.27. The molecular weight excluding hydrogens is 252 g/mol. The zero-order chi connectivity index (χ0) is 14.4. The molecule has 1 atom stereocenters. The van der Waals surface area contributed by atoms with Gasteiger partial charge in [-0.1, -0.05) is 38.5 Å². The average Bonchev–Trinajstić information content (AvgIpc) is 2.46. The van der Waals surface area contributed by atoms with Crippen LogP contribution in [0.2, 0.25) is 0 Å². The van der Waals surface area contributed by atoms with Crippen molar-refractivity contribution in [2.45, 2.75) is 88.8 Å². The minimum atomic E-state index is -0.600. The number of hydrogen-bond acceptors (Lipinski definition) is 3. The first-order valence-corrected chi connectivity index (χ1v) is 8.35. The molecule has 2 aliphatic rings. The zero-order valence-electron chi connectivity index (χ0n) is 12.8. The van der Waals surface area contributed by atoms with Crippen molar-refractivity contribution in [2.24, 2.45) is 0 Å². The van der Waals surface area contributed by atoms with Crippen LogP contribution in [0.25, 0.3) is 0 Å². The highest BCUT2D eigenvalue weighted by Gasteiger charge is 2.30. The smallest absolute Gasteiger partial charge is 0.237 e. The first-order chi connectivity index (χ1) is 9.59. The Morgan fingerprint density at radius 1 is 1.15 bits per heavy atom. The zero-order valence-corrected chi connectivity index (χ0v) is 12.8. The van der Waals surface area contributed by atoms with Crippen LogP contribution in [0.3, 0.4) is 0 Å². The topological polar surface area (TPSA) is 61.4 Å². The Bertz CT molecular complexity index is 308. The lowest BCUT2D eigenvalue weighted by Gasteiger charge is -2.33. The van der Waals surface area contributed by atoms with Gasteiger partial charge in [0.2, 0.25) is 5.91 Å². The van der Waals surface area contributed by atoms with Crippen molar-refractivity contribution in [2.75, 3.05) is 6.54 Å². The maximum Gasteiger partial charge on any atom is 0.237 e. The molecular formula is C16H30N2O2. The van der Waals surface area contributed by atoms with E-state index in [0.717, 1.165) is 38.5 Å². The van der Waals surface area contributed by atoms with Gasteiger partial charge in [0.1, 0.15) is 0 Å². The molecule has 20 heavy (non-hydrogen) atoms. The molecule has 4 nitrogen and oxygen atoms in total. The van der Waals surface area contributed by atoms with Crippen LogP contribution in [-0.2, 0) is 4.79 Å². The number of carbonyl (C=O) groups is 1. The van der Waals surface area contributed by atoms with Crippen LogP contribution in [0.15, 0.2) is 0 Å². The maximum absolute atomic E-state index is 12.1. The summed E-state index contributed by atoms with van der Waals surface area (Å²) in [6.07, 6.45) is 11.1. The van der Waals surface area contributed by atoms with Crippen LogP contribution < -0.4 is 10.6 Å². The first kappa shape index (κ1) is 15.8. The summed E-state index contributed by atoms with van der Waals surface area (Å²) >= 11 is 0. The van der Waals surface area contributed by atoms with Gasteiger partial charge in [-0.05, 0) is 32.6 Å². The molecule has 4 heteroatoms. The van der Waals surface area contributed by atoms with Gasteiger partial charge in [0.25, 0.3) is 0 Å². The minimum absolute atomic E-state index is 0.0799. The Balaban J connectivity index is 1.70. The van der Waals surface area contributed by atoms with E-state index in [4.69, 9.17) is 0 Å². The highest BCUT2D eigenvalue weighted by atomic mass is 16.3. The largest absolute Gasteiger partial charge is 0.389 e. The number of rotatable bonds is 5. The molecule has 2 rings (SSSR count). The summed E-state index contributed by atoms with van der Waals surface area (Å²) in [6, 6.07) is 0.140. The molecule has 0 aliphatic heterocycles. The monoisotopic (exact) mass is 282 g/mol. The summed E-state index contributed by atoms with van der Waals surface area (Å²) in [7, 11) is 0.